The molecule has 6 nitrogen and oxygen atoms in total. The van der Waals surface area contributed by atoms with E-state index in [1.54, 1.807) is 0 Å². The van der Waals surface area contributed by atoms with Gasteiger partial charge in [-0.15, -0.1) is 24.0 Å². The fourth-order valence-corrected chi connectivity index (χ4v) is 2.34. The average Bonchev–Trinajstić information content (AvgIpc) is 3.09. The van der Waals surface area contributed by atoms with Crippen LogP contribution in [0.4, 0.5) is 0 Å². The summed E-state index contributed by atoms with van der Waals surface area (Å²) in [6.45, 7) is 10.9. The molecule has 150 valence electrons. The van der Waals surface area contributed by atoms with E-state index in [4.69, 9.17) is 9.26 Å². The van der Waals surface area contributed by atoms with Crippen LogP contribution < -0.4 is 10.1 Å². The quantitative estimate of drug-likeness (QED) is 0.344. The largest absolute Gasteiger partial charge is 0.492 e. The minimum atomic E-state index is 0. The minimum Gasteiger partial charge on any atom is -0.492 e. The second-order valence-corrected chi connectivity index (χ2v) is 6.63. The van der Waals surface area contributed by atoms with Crippen molar-refractivity contribution in [3.63, 3.8) is 0 Å². The first-order valence-corrected chi connectivity index (χ1v) is 9.14. The lowest BCUT2D eigenvalue weighted by Crippen LogP contribution is -2.40. The molecule has 0 atom stereocenters. The van der Waals surface area contributed by atoms with E-state index in [0.717, 1.165) is 36.3 Å². The van der Waals surface area contributed by atoms with E-state index in [9.17, 15) is 0 Å². The van der Waals surface area contributed by atoms with Gasteiger partial charge in [0, 0.05) is 19.7 Å². The Hall–Kier alpha value is -1.77. The van der Waals surface area contributed by atoms with Crippen LogP contribution in [-0.2, 0) is 6.54 Å². The number of guanidine groups is 1. The number of aromatic nitrogens is 1. The van der Waals surface area contributed by atoms with Gasteiger partial charge in [0.2, 0.25) is 0 Å². The van der Waals surface area contributed by atoms with Crippen LogP contribution in [0.25, 0.3) is 0 Å². The highest BCUT2D eigenvalue weighted by Gasteiger charge is 2.09. The van der Waals surface area contributed by atoms with E-state index in [0.29, 0.717) is 19.1 Å². The highest BCUT2D eigenvalue weighted by molar-refractivity contribution is 14.0. The molecule has 0 aliphatic heterocycles. The summed E-state index contributed by atoms with van der Waals surface area (Å²) in [6, 6.07) is 10.1. The van der Waals surface area contributed by atoms with Gasteiger partial charge in [-0.1, -0.05) is 36.7 Å². The van der Waals surface area contributed by atoms with E-state index >= 15 is 0 Å². The molecule has 0 unspecified atom stereocenters. The monoisotopic (exact) mass is 486 g/mol. The summed E-state index contributed by atoms with van der Waals surface area (Å²) < 4.78 is 11.2. The zero-order chi connectivity index (χ0) is 18.9. The number of benzene rings is 1. The van der Waals surface area contributed by atoms with Crippen molar-refractivity contribution >= 4 is 29.9 Å². The van der Waals surface area contributed by atoms with Crippen LogP contribution in [0.5, 0.6) is 5.75 Å². The number of aliphatic imine (C=N–C) groups is 1. The summed E-state index contributed by atoms with van der Waals surface area (Å²) in [5.74, 6) is 2.83. The molecular weight excluding hydrogens is 455 g/mol. The highest BCUT2D eigenvalue weighted by atomic mass is 127. The first-order valence-electron chi connectivity index (χ1n) is 9.14. The molecule has 0 radical (unpaired) electrons. The summed E-state index contributed by atoms with van der Waals surface area (Å²) in [6.07, 6.45) is 0. The molecule has 0 fully saturated rings. The second-order valence-electron chi connectivity index (χ2n) is 6.63. The Morgan fingerprint density at radius 1 is 1.30 bits per heavy atom. The third kappa shape index (κ3) is 7.78. The second kappa shape index (κ2) is 11.8. The van der Waals surface area contributed by atoms with Crippen molar-refractivity contribution in [1.82, 2.24) is 15.4 Å². The van der Waals surface area contributed by atoms with E-state index in [2.05, 4.69) is 48.1 Å². The maximum atomic E-state index is 5.80. The Bertz CT molecular complexity index is 698. The van der Waals surface area contributed by atoms with Gasteiger partial charge in [0.25, 0.3) is 0 Å². The molecule has 0 aliphatic carbocycles. The lowest BCUT2D eigenvalue weighted by atomic mass is 10.1. The molecule has 0 saturated carbocycles. The summed E-state index contributed by atoms with van der Waals surface area (Å²) in [5.41, 5.74) is 2.18. The number of rotatable bonds is 8. The molecule has 1 heterocycles. The van der Waals surface area contributed by atoms with Gasteiger partial charge in [-0.25, -0.2) is 4.99 Å². The average molecular weight is 486 g/mol. The van der Waals surface area contributed by atoms with Gasteiger partial charge in [-0.05, 0) is 31.9 Å². The van der Waals surface area contributed by atoms with Crippen LogP contribution in [0.15, 0.2) is 39.8 Å². The number of nitrogens with zero attached hydrogens (tertiary/aromatic N) is 3. The zero-order valence-electron chi connectivity index (χ0n) is 16.9. The third-order valence-electron chi connectivity index (χ3n) is 3.97. The molecule has 0 spiro atoms. The van der Waals surface area contributed by atoms with Crippen LogP contribution in [0.2, 0.25) is 0 Å². The maximum absolute atomic E-state index is 5.80. The van der Waals surface area contributed by atoms with E-state index in [1.807, 2.05) is 37.4 Å². The van der Waals surface area contributed by atoms with Crippen molar-refractivity contribution in [2.45, 2.75) is 40.2 Å². The van der Waals surface area contributed by atoms with Crippen LogP contribution in [0.1, 0.15) is 43.7 Å². The molecule has 0 amide bonds. The topological polar surface area (TPSA) is 62.9 Å². The number of likely N-dealkylation sites (N-methyl/N-ethyl adjacent to an activating group) is 1. The number of halogens is 1. The van der Waals surface area contributed by atoms with Crippen LogP contribution in [0.3, 0.4) is 0 Å². The van der Waals surface area contributed by atoms with Crippen molar-refractivity contribution in [3.05, 3.63) is 47.3 Å². The Labute approximate surface area is 179 Å². The summed E-state index contributed by atoms with van der Waals surface area (Å²) in [4.78, 5) is 6.69. The zero-order valence-corrected chi connectivity index (χ0v) is 19.2. The molecule has 1 N–H and O–H groups in total. The highest BCUT2D eigenvalue weighted by Crippen LogP contribution is 2.14. The normalized spacial score (nSPS) is 11.3. The molecular formula is C20H31IN4O2. The Balaban J connectivity index is 0.00000364. The van der Waals surface area contributed by atoms with Gasteiger partial charge in [0.1, 0.15) is 18.9 Å². The number of nitrogens with one attached hydrogen (secondary N) is 1. The molecule has 1 aromatic carbocycles. The SMILES string of the molecule is CCNC(=NCc1cc(C(C)C)no1)N(C)CCOc1ccc(C)cc1.I. The molecule has 2 aromatic rings. The first kappa shape index (κ1) is 23.3. The van der Waals surface area contributed by atoms with Crippen LogP contribution >= 0.6 is 24.0 Å². The van der Waals surface area contributed by atoms with Crippen molar-refractivity contribution in [3.8, 4) is 5.75 Å². The predicted molar refractivity (Wildman–Crippen MR) is 120 cm³/mol. The van der Waals surface area contributed by atoms with Crippen molar-refractivity contribution in [1.29, 1.82) is 0 Å². The third-order valence-corrected chi connectivity index (χ3v) is 3.97. The standard InChI is InChI=1S/C20H30N4O2.HI/c1-6-21-20(22-14-18-13-19(15(2)3)23-26-18)24(5)11-12-25-17-9-7-16(4)8-10-17;/h7-10,13,15H,6,11-12,14H2,1-5H3,(H,21,22);1H. The number of ether oxygens (including phenoxy) is 1. The van der Waals surface area contributed by atoms with Gasteiger partial charge >= 0.3 is 0 Å². The predicted octanol–water partition coefficient (Wildman–Crippen LogP) is 4.20. The molecule has 0 aliphatic rings. The molecule has 0 saturated heterocycles. The number of hydrogen-bond acceptors (Lipinski definition) is 4. The molecule has 1 aromatic heterocycles. The first-order chi connectivity index (χ1) is 12.5. The lowest BCUT2D eigenvalue weighted by molar-refractivity contribution is 0.281. The fraction of sp³-hybridized carbons (Fsp3) is 0.500. The summed E-state index contributed by atoms with van der Waals surface area (Å²) >= 11 is 0. The molecule has 27 heavy (non-hydrogen) atoms. The summed E-state index contributed by atoms with van der Waals surface area (Å²) in [5, 5.41) is 7.37. The van der Waals surface area contributed by atoms with Gasteiger partial charge in [0.05, 0.1) is 12.2 Å². The molecule has 0 bridgehead atoms. The minimum absolute atomic E-state index is 0. The fourth-order valence-electron chi connectivity index (χ4n) is 2.34. The Kier molecular flexibility index (Phi) is 10.2. The van der Waals surface area contributed by atoms with Gasteiger partial charge < -0.3 is 19.5 Å². The van der Waals surface area contributed by atoms with Gasteiger partial charge in [-0.2, -0.15) is 0 Å². The Morgan fingerprint density at radius 2 is 2.00 bits per heavy atom. The van der Waals surface area contributed by atoms with Crippen LogP contribution in [0, 0.1) is 6.92 Å². The maximum Gasteiger partial charge on any atom is 0.194 e. The van der Waals surface area contributed by atoms with Crippen molar-refractivity contribution in [2.24, 2.45) is 4.99 Å². The van der Waals surface area contributed by atoms with Crippen molar-refractivity contribution < 1.29 is 9.26 Å². The van der Waals surface area contributed by atoms with E-state index in [-0.39, 0.29) is 24.0 Å². The van der Waals surface area contributed by atoms with Crippen molar-refractivity contribution in [2.75, 3.05) is 26.7 Å². The number of aryl methyl sites for hydroxylation is 1. The van der Waals surface area contributed by atoms with E-state index in [1.165, 1.54) is 5.56 Å². The van der Waals surface area contributed by atoms with Crippen LogP contribution in [-0.4, -0.2) is 42.8 Å². The van der Waals surface area contributed by atoms with Gasteiger partial charge in [0.15, 0.2) is 11.7 Å². The molecule has 7 heteroatoms. The number of hydrogen-bond donors (Lipinski definition) is 1. The Morgan fingerprint density at radius 3 is 2.59 bits per heavy atom. The van der Waals surface area contributed by atoms with E-state index < -0.39 is 0 Å². The smallest absolute Gasteiger partial charge is 0.194 e. The molecule has 2 rings (SSSR count). The summed E-state index contributed by atoms with van der Waals surface area (Å²) in [7, 11) is 2.00. The van der Waals surface area contributed by atoms with Gasteiger partial charge in [-0.3, -0.25) is 0 Å². The lowest BCUT2D eigenvalue weighted by Gasteiger charge is -2.22.